The zero-order chi connectivity index (χ0) is 13.4. The van der Waals surface area contributed by atoms with Crippen LogP contribution in [-0.2, 0) is 16.1 Å². The molecule has 0 aliphatic rings. The number of ether oxygens (including phenoxy) is 1. The van der Waals surface area contributed by atoms with Crippen LogP contribution in [0.2, 0.25) is 0 Å². The molecule has 2 N–H and O–H groups in total. The van der Waals surface area contributed by atoms with Gasteiger partial charge < -0.3 is 19.8 Å². The molecule has 6 heteroatoms. The molecular weight excluding hydrogens is 234 g/mol. The van der Waals surface area contributed by atoms with Crippen LogP contribution in [-0.4, -0.2) is 37.7 Å². The number of hydrogen-bond acceptors (Lipinski definition) is 5. The third-order valence-electron chi connectivity index (χ3n) is 2.51. The van der Waals surface area contributed by atoms with Crippen molar-refractivity contribution in [3.05, 3.63) is 17.3 Å². The van der Waals surface area contributed by atoms with Gasteiger partial charge in [0.05, 0.1) is 18.8 Å². The number of rotatable bonds is 8. The number of nitrogens with one attached hydrogen (secondary N) is 2. The first-order valence-corrected chi connectivity index (χ1v) is 6.02. The second kappa shape index (κ2) is 7.84. The smallest absolute Gasteiger partial charge is 0.221 e. The minimum absolute atomic E-state index is 0.0133. The Balaban J connectivity index is 2.09. The van der Waals surface area contributed by atoms with Gasteiger partial charge in [-0.25, -0.2) is 4.98 Å². The van der Waals surface area contributed by atoms with Gasteiger partial charge in [-0.2, -0.15) is 0 Å². The van der Waals surface area contributed by atoms with Gasteiger partial charge in [-0.15, -0.1) is 0 Å². The lowest BCUT2D eigenvalue weighted by Gasteiger charge is -2.04. The Morgan fingerprint density at radius 2 is 2.17 bits per heavy atom. The Kier molecular flexibility index (Phi) is 6.38. The Labute approximate surface area is 107 Å². The fraction of sp³-hybridized carbons (Fsp3) is 0.667. The number of methoxy groups -OCH3 is 1. The summed E-state index contributed by atoms with van der Waals surface area (Å²) in [5.41, 5.74) is 0.907. The lowest BCUT2D eigenvalue weighted by molar-refractivity contribution is -0.121. The van der Waals surface area contributed by atoms with E-state index in [4.69, 9.17) is 9.15 Å². The van der Waals surface area contributed by atoms with E-state index in [0.717, 1.165) is 11.5 Å². The van der Waals surface area contributed by atoms with Gasteiger partial charge in [-0.1, -0.05) is 0 Å². The molecule has 1 heterocycles. The summed E-state index contributed by atoms with van der Waals surface area (Å²) < 4.78 is 10.2. The minimum Gasteiger partial charge on any atom is -0.444 e. The maximum Gasteiger partial charge on any atom is 0.221 e. The zero-order valence-electron chi connectivity index (χ0n) is 11.2. The van der Waals surface area contributed by atoms with Crippen molar-refractivity contribution in [3.8, 4) is 0 Å². The highest BCUT2D eigenvalue weighted by molar-refractivity contribution is 5.75. The van der Waals surface area contributed by atoms with E-state index in [1.54, 1.807) is 7.11 Å². The van der Waals surface area contributed by atoms with Crippen LogP contribution < -0.4 is 10.6 Å². The Bertz CT molecular complexity index is 357. The van der Waals surface area contributed by atoms with Crippen LogP contribution in [0.15, 0.2) is 4.42 Å². The van der Waals surface area contributed by atoms with Gasteiger partial charge in [0.15, 0.2) is 0 Å². The van der Waals surface area contributed by atoms with Gasteiger partial charge in [0.1, 0.15) is 5.76 Å². The molecule has 1 rings (SSSR count). The Morgan fingerprint density at radius 1 is 1.39 bits per heavy atom. The number of hydrogen-bond donors (Lipinski definition) is 2. The summed E-state index contributed by atoms with van der Waals surface area (Å²) >= 11 is 0. The topological polar surface area (TPSA) is 76.4 Å². The predicted octanol–water partition coefficient (Wildman–Crippen LogP) is 0.534. The summed E-state index contributed by atoms with van der Waals surface area (Å²) in [6.45, 7) is 6.02. The molecule has 1 aromatic heterocycles. The summed E-state index contributed by atoms with van der Waals surface area (Å²) in [5.74, 6) is 1.51. The van der Waals surface area contributed by atoms with Gasteiger partial charge in [-0.3, -0.25) is 4.79 Å². The molecule has 0 spiro atoms. The number of carbonyl (C=O) groups excluding carboxylic acids is 1. The van der Waals surface area contributed by atoms with E-state index in [1.165, 1.54) is 0 Å². The van der Waals surface area contributed by atoms with E-state index in [0.29, 0.717) is 38.6 Å². The molecule has 0 unspecified atom stereocenters. The highest BCUT2D eigenvalue weighted by Crippen LogP contribution is 2.07. The highest BCUT2D eigenvalue weighted by Gasteiger charge is 2.05. The van der Waals surface area contributed by atoms with E-state index < -0.39 is 0 Å². The summed E-state index contributed by atoms with van der Waals surface area (Å²) in [4.78, 5) is 15.6. The third kappa shape index (κ3) is 5.29. The molecule has 0 radical (unpaired) electrons. The maximum atomic E-state index is 11.3. The maximum absolute atomic E-state index is 11.3. The molecule has 0 aliphatic heterocycles. The van der Waals surface area contributed by atoms with Crippen molar-refractivity contribution in [2.45, 2.75) is 26.8 Å². The molecule has 1 aromatic rings. The number of aromatic nitrogens is 1. The van der Waals surface area contributed by atoms with E-state index in [1.807, 2.05) is 13.8 Å². The lowest BCUT2D eigenvalue weighted by Crippen LogP contribution is -2.29. The first-order chi connectivity index (χ1) is 8.63. The summed E-state index contributed by atoms with van der Waals surface area (Å²) in [6.07, 6.45) is 0.433. The number of amides is 1. The molecule has 102 valence electrons. The van der Waals surface area contributed by atoms with E-state index in [-0.39, 0.29) is 5.91 Å². The van der Waals surface area contributed by atoms with Gasteiger partial charge in [-0.05, 0) is 13.8 Å². The molecule has 0 saturated carbocycles. The molecule has 0 atom stereocenters. The number of carbonyl (C=O) groups is 1. The van der Waals surface area contributed by atoms with Crippen LogP contribution in [0, 0.1) is 13.8 Å². The van der Waals surface area contributed by atoms with Gasteiger partial charge >= 0.3 is 0 Å². The normalized spacial score (nSPS) is 10.6. The standard InChI is InChI=1S/C12H21N3O3/c1-9-10(2)18-12(15-9)8-13-5-4-11(16)14-6-7-17-3/h13H,4-8H2,1-3H3,(H,14,16). The predicted molar refractivity (Wildman–Crippen MR) is 67.2 cm³/mol. The highest BCUT2D eigenvalue weighted by atomic mass is 16.5. The molecule has 0 fully saturated rings. The Morgan fingerprint density at radius 3 is 2.78 bits per heavy atom. The first-order valence-electron chi connectivity index (χ1n) is 6.02. The van der Waals surface area contributed by atoms with E-state index in [2.05, 4.69) is 15.6 Å². The van der Waals surface area contributed by atoms with Crippen molar-refractivity contribution in [1.29, 1.82) is 0 Å². The van der Waals surface area contributed by atoms with E-state index >= 15 is 0 Å². The van der Waals surface area contributed by atoms with E-state index in [9.17, 15) is 4.79 Å². The molecular formula is C12H21N3O3. The SMILES string of the molecule is COCCNC(=O)CCNCc1nc(C)c(C)o1. The summed E-state index contributed by atoms with van der Waals surface area (Å²) in [6, 6.07) is 0. The average molecular weight is 255 g/mol. The largest absolute Gasteiger partial charge is 0.444 e. The van der Waals surface area contributed by atoms with Crippen molar-refractivity contribution >= 4 is 5.91 Å². The van der Waals surface area contributed by atoms with Crippen molar-refractivity contribution in [3.63, 3.8) is 0 Å². The second-order valence-electron chi connectivity index (χ2n) is 4.02. The molecule has 0 saturated heterocycles. The second-order valence-corrected chi connectivity index (χ2v) is 4.02. The average Bonchev–Trinajstić information content (AvgIpc) is 2.65. The molecule has 1 amide bonds. The van der Waals surface area contributed by atoms with Gasteiger partial charge in [0, 0.05) is 26.6 Å². The first kappa shape index (κ1) is 14.7. The molecule has 6 nitrogen and oxygen atoms in total. The van der Waals surface area contributed by atoms with Crippen LogP contribution in [0.25, 0.3) is 0 Å². The third-order valence-corrected chi connectivity index (χ3v) is 2.51. The van der Waals surface area contributed by atoms with Crippen LogP contribution in [0.1, 0.15) is 23.8 Å². The summed E-state index contributed by atoms with van der Waals surface area (Å²) in [5, 5.41) is 5.87. The van der Waals surface area contributed by atoms with Crippen molar-refractivity contribution in [2.75, 3.05) is 26.8 Å². The monoisotopic (exact) mass is 255 g/mol. The van der Waals surface area contributed by atoms with Crippen LogP contribution in [0.5, 0.6) is 0 Å². The fourth-order valence-corrected chi connectivity index (χ4v) is 1.39. The fourth-order valence-electron chi connectivity index (χ4n) is 1.39. The zero-order valence-corrected chi connectivity index (χ0v) is 11.2. The summed E-state index contributed by atoms with van der Waals surface area (Å²) in [7, 11) is 1.61. The minimum atomic E-state index is 0.0133. The number of oxazole rings is 1. The van der Waals surface area contributed by atoms with Gasteiger partial charge in [0.25, 0.3) is 0 Å². The van der Waals surface area contributed by atoms with Gasteiger partial charge in [0.2, 0.25) is 11.8 Å². The number of aryl methyl sites for hydroxylation is 2. The molecule has 0 aromatic carbocycles. The molecule has 18 heavy (non-hydrogen) atoms. The van der Waals surface area contributed by atoms with Crippen LogP contribution >= 0.6 is 0 Å². The molecule has 0 bridgehead atoms. The van der Waals surface area contributed by atoms with Crippen molar-refractivity contribution < 1.29 is 13.9 Å². The van der Waals surface area contributed by atoms with Crippen LogP contribution in [0.4, 0.5) is 0 Å². The molecule has 0 aliphatic carbocycles. The quantitative estimate of drug-likeness (QED) is 0.663. The number of nitrogens with zero attached hydrogens (tertiary/aromatic N) is 1. The van der Waals surface area contributed by atoms with Crippen molar-refractivity contribution in [1.82, 2.24) is 15.6 Å². The van der Waals surface area contributed by atoms with Crippen molar-refractivity contribution in [2.24, 2.45) is 0 Å². The van der Waals surface area contributed by atoms with Crippen LogP contribution in [0.3, 0.4) is 0 Å². The Hall–Kier alpha value is -1.40. The lowest BCUT2D eigenvalue weighted by atomic mass is 10.4.